The van der Waals surface area contributed by atoms with Crippen molar-refractivity contribution < 1.29 is 9.18 Å². The number of carbonyl (C=O) groups excluding carboxylic acids is 1. The highest BCUT2D eigenvalue weighted by molar-refractivity contribution is 8.00. The minimum atomic E-state index is -0.290. The van der Waals surface area contributed by atoms with E-state index in [9.17, 15) is 9.18 Å². The summed E-state index contributed by atoms with van der Waals surface area (Å²) in [5, 5.41) is 9.50. The molecule has 1 aliphatic heterocycles. The van der Waals surface area contributed by atoms with Crippen molar-refractivity contribution in [1.82, 2.24) is 9.58 Å². The van der Waals surface area contributed by atoms with Crippen LogP contribution in [0.4, 0.5) is 4.39 Å². The van der Waals surface area contributed by atoms with E-state index in [1.165, 1.54) is 35.0 Å². The molecule has 0 saturated heterocycles. The number of aryl methyl sites for hydroxylation is 1. The van der Waals surface area contributed by atoms with Gasteiger partial charge in [-0.25, -0.2) is 9.40 Å². The molecule has 0 saturated carbocycles. The van der Waals surface area contributed by atoms with Gasteiger partial charge in [-0.2, -0.15) is 5.10 Å². The van der Waals surface area contributed by atoms with Crippen LogP contribution < -0.4 is 0 Å². The van der Waals surface area contributed by atoms with Crippen molar-refractivity contribution in [1.29, 1.82) is 0 Å². The zero-order valence-electron chi connectivity index (χ0n) is 20.9. The summed E-state index contributed by atoms with van der Waals surface area (Å²) < 4.78 is 15.9. The summed E-state index contributed by atoms with van der Waals surface area (Å²) in [6, 6.07) is 27.0. The molecule has 0 bridgehead atoms. The van der Waals surface area contributed by atoms with Gasteiger partial charge in [0, 0.05) is 35.0 Å². The van der Waals surface area contributed by atoms with Gasteiger partial charge in [0.25, 0.3) is 5.91 Å². The molecule has 3 heterocycles. The predicted molar refractivity (Wildman–Crippen MR) is 154 cm³/mol. The molecule has 1 amide bonds. The Hall–Kier alpha value is -3.68. The molecule has 0 aliphatic carbocycles. The number of hydrogen-bond donors (Lipinski definition) is 0. The molecule has 190 valence electrons. The summed E-state index contributed by atoms with van der Waals surface area (Å²) in [6.07, 6.45) is 2.75. The van der Waals surface area contributed by atoms with Crippen LogP contribution in [-0.2, 0) is 11.3 Å². The second kappa shape index (κ2) is 10.6. The Kier molecular flexibility index (Phi) is 6.87. The van der Waals surface area contributed by atoms with Crippen LogP contribution in [-0.4, -0.2) is 26.9 Å². The molecule has 1 atom stereocenters. The smallest absolute Gasteiger partial charge is 0.253 e. The number of halogens is 1. The molecule has 0 radical (unpaired) electrons. The van der Waals surface area contributed by atoms with Gasteiger partial charge in [0.1, 0.15) is 5.82 Å². The van der Waals surface area contributed by atoms with Crippen LogP contribution in [0.3, 0.4) is 0 Å². The lowest BCUT2D eigenvalue weighted by molar-refractivity contribution is -0.130. The quantitative estimate of drug-likeness (QED) is 0.199. The Morgan fingerprint density at radius 1 is 1.03 bits per heavy atom. The summed E-state index contributed by atoms with van der Waals surface area (Å²) in [5.41, 5.74) is 5.40. The van der Waals surface area contributed by atoms with Gasteiger partial charge < -0.3 is 4.57 Å². The second-order valence-corrected chi connectivity index (χ2v) is 11.4. The largest absolute Gasteiger partial charge is 0.342 e. The molecule has 1 unspecified atom stereocenters. The van der Waals surface area contributed by atoms with E-state index in [1.807, 2.05) is 29.6 Å². The first-order valence-corrected chi connectivity index (χ1v) is 14.4. The van der Waals surface area contributed by atoms with Crippen LogP contribution in [0.2, 0.25) is 0 Å². The third-order valence-electron chi connectivity index (χ3n) is 6.80. The second-order valence-electron chi connectivity index (χ2n) is 9.45. The Bertz CT molecular complexity index is 1610. The number of benzene rings is 3. The van der Waals surface area contributed by atoms with E-state index in [4.69, 9.17) is 5.10 Å². The normalized spacial score (nSPS) is 15.3. The lowest BCUT2D eigenvalue weighted by Crippen LogP contribution is -2.28. The molecule has 7 heteroatoms. The van der Waals surface area contributed by atoms with E-state index in [2.05, 4.69) is 54.1 Å². The first-order valence-electron chi connectivity index (χ1n) is 12.5. The molecule has 1 aliphatic rings. The van der Waals surface area contributed by atoms with Crippen LogP contribution in [0, 0.1) is 12.7 Å². The van der Waals surface area contributed by atoms with E-state index < -0.39 is 0 Å². The maximum Gasteiger partial charge on any atom is 0.253 e. The van der Waals surface area contributed by atoms with Crippen molar-refractivity contribution in [2.45, 2.75) is 30.8 Å². The highest BCUT2D eigenvalue weighted by Crippen LogP contribution is 2.36. The third kappa shape index (κ3) is 5.04. The Labute approximate surface area is 229 Å². The zero-order valence-corrected chi connectivity index (χ0v) is 22.5. The average molecular weight is 540 g/mol. The van der Waals surface area contributed by atoms with Gasteiger partial charge in [0.05, 0.1) is 22.4 Å². The Morgan fingerprint density at radius 2 is 1.82 bits per heavy atom. The van der Waals surface area contributed by atoms with E-state index in [1.54, 1.807) is 28.5 Å². The number of thioether (sulfide) groups is 1. The van der Waals surface area contributed by atoms with Crippen LogP contribution in [0.1, 0.15) is 34.0 Å². The highest BCUT2D eigenvalue weighted by Gasteiger charge is 2.33. The standard InChI is InChI=1S/C31H26FN3OS2/c1-21-8-10-22(11-9-21)18-34-19-30(25-5-2-3-6-27(25)34)38-20-31(36)35-28(23-12-14-24(32)15-13-23)17-26(33-35)29-7-4-16-37-29/h2-16,19,28H,17-18,20H2,1H3. The van der Waals surface area contributed by atoms with Crippen LogP contribution >= 0.6 is 23.1 Å². The lowest BCUT2D eigenvalue weighted by Gasteiger charge is -2.22. The van der Waals surface area contributed by atoms with Crippen molar-refractivity contribution in [3.63, 3.8) is 0 Å². The third-order valence-corrected chi connectivity index (χ3v) is 8.75. The molecular formula is C31H26FN3OS2. The van der Waals surface area contributed by atoms with Gasteiger partial charge >= 0.3 is 0 Å². The number of carbonyl (C=O) groups is 1. The number of fused-ring (bicyclic) bond motifs is 1. The summed E-state index contributed by atoms with van der Waals surface area (Å²) in [4.78, 5) is 15.7. The molecule has 5 aromatic rings. The molecule has 0 spiro atoms. The molecule has 4 nitrogen and oxygen atoms in total. The number of amides is 1. The Morgan fingerprint density at radius 3 is 2.58 bits per heavy atom. The number of nitrogens with zero attached hydrogens (tertiary/aromatic N) is 3. The van der Waals surface area contributed by atoms with Gasteiger partial charge in [-0.1, -0.05) is 66.2 Å². The molecular weight excluding hydrogens is 513 g/mol. The fourth-order valence-electron chi connectivity index (χ4n) is 4.83. The van der Waals surface area contributed by atoms with Crippen molar-refractivity contribution in [2.75, 3.05) is 5.75 Å². The SMILES string of the molecule is Cc1ccc(Cn2cc(SCC(=O)N3N=C(c4cccs4)CC3c3ccc(F)cc3)c3ccccc32)cc1. The maximum absolute atomic E-state index is 13.6. The maximum atomic E-state index is 13.6. The van der Waals surface area contributed by atoms with E-state index in [0.717, 1.165) is 38.5 Å². The van der Waals surface area contributed by atoms with Crippen LogP contribution in [0.25, 0.3) is 10.9 Å². The number of para-hydroxylation sites is 1. The van der Waals surface area contributed by atoms with Crippen molar-refractivity contribution in [3.8, 4) is 0 Å². The number of thiophene rings is 1. The van der Waals surface area contributed by atoms with E-state index >= 15 is 0 Å². The summed E-state index contributed by atoms with van der Waals surface area (Å²) in [5.74, 6) is -0.0925. The molecule has 0 N–H and O–H groups in total. The molecule has 38 heavy (non-hydrogen) atoms. The summed E-state index contributed by atoms with van der Waals surface area (Å²) in [7, 11) is 0. The topological polar surface area (TPSA) is 37.6 Å². The van der Waals surface area contributed by atoms with Crippen molar-refractivity contribution in [3.05, 3.63) is 124 Å². The van der Waals surface area contributed by atoms with Gasteiger partial charge in [-0.3, -0.25) is 4.79 Å². The first-order chi connectivity index (χ1) is 18.5. The minimum absolute atomic E-state index is 0.0637. The monoisotopic (exact) mass is 539 g/mol. The fourth-order valence-corrected chi connectivity index (χ4v) is 6.49. The van der Waals surface area contributed by atoms with Crippen molar-refractivity contribution in [2.24, 2.45) is 5.10 Å². The first kappa shape index (κ1) is 24.6. The highest BCUT2D eigenvalue weighted by atomic mass is 32.2. The summed E-state index contributed by atoms with van der Waals surface area (Å²) >= 11 is 3.15. The predicted octanol–water partition coefficient (Wildman–Crippen LogP) is 7.67. The molecule has 2 aromatic heterocycles. The summed E-state index contributed by atoms with van der Waals surface area (Å²) in [6.45, 7) is 2.86. The number of rotatable bonds is 7. The van der Waals surface area contributed by atoms with E-state index in [-0.39, 0.29) is 23.5 Å². The minimum Gasteiger partial charge on any atom is -0.342 e. The van der Waals surface area contributed by atoms with Gasteiger partial charge in [-0.15, -0.1) is 23.1 Å². The average Bonchev–Trinajstić information content (AvgIpc) is 3.69. The van der Waals surface area contributed by atoms with Crippen LogP contribution in [0.5, 0.6) is 0 Å². The molecule has 3 aromatic carbocycles. The zero-order chi connectivity index (χ0) is 26.1. The van der Waals surface area contributed by atoms with E-state index in [0.29, 0.717) is 6.42 Å². The number of aromatic nitrogens is 1. The lowest BCUT2D eigenvalue weighted by atomic mass is 10.0. The molecule has 0 fully saturated rings. The molecule has 6 rings (SSSR count). The van der Waals surface area contributed by atoms with Gasteiger partial charge in [-0.05, 0) is 47.7 Å². The van der Waals surface area contributed by atoms with Gasteiger partial charge in [0.2, 0.25) is 0 Å². The van der Waals surface area contributed by atoms with Gasteiger partial charge in [0.15, 0.2) is 0 Å². The Balaban J connectivity index is 1.24. The number of hydrogen-bond acceptors (Lipinski definition) is 4. The van der Waals surface area contributed by atoms with Crippen LogP contribution in [0.15, 0.2) is 107 Å². The number of hydrazone groups is 1. The van der Waals surface area contributed by atoms with Crippen molar-refractivity contribution >= 4 is 45.6 Å². The fraction of sp³-hybridized carbons (Fsp3) is 0.161.